The van der Waals surface area contributed by atoms with E-state index >= 15 is 0 Å². The van der Waals surface area contributed by atoms with Gasteiger partial charge in [0.25, 0.3) is 0 Å². The molecule has 0 bridgehead atoms. The lowest BCUT2D eigenvalue weighted by Crippen LogP contribution is -2.54. The van der Waals surface area contributed by atoms with Crippen LogP contribution in [-0.2, 0) is 4.74 Å². The largest absolute Gasteiger partial charge is 0.444 e. The van der Waals surface area contributed by atoms with E-state index in [9.17, 15) is 4.79 Å². The van der Waals surface area contributed by atoms with Crippen LogP contribution >= 0.6 is 0 Å². The summed E-state index contributed by atoms with van der Waals surface area (Å²) < 4.78 is 5.60. The molecule has 0 radical (unpaired) electrons. The number of ether oxygens (including phenoxy) is 1. The molecule has 0 aliphatic carbocycles. The summed E-state index contributed by atoms with van der Waals surface area (Å²) in [4.78, 5) is 21.4. The second kappa shape index (κ2) is 10.9. The standard InChI is InChI=1S/C21H41N5O2/c1-6-12-25-14-10-17(11-15-25)24-19(22-5)23-16-18-9-7-8-13-26(18)20(27)28-21(2,3)4/h17-18H,6-16H2,1-5H3,(H2,22,23,24). The van der Waals surface area contributed by atoms with Gasteiger partial charge in [-0.05, 0) is 65.8 Å². The summed E-state index contributed by atoms with van der Waals surface area (Å²) in [5, 5.41) is 7.01. The number of piperidine rings is 2. The molecule has 0 aromatic carbocycles. The van der Waals surface area contributed by atoms with Crippen molar-refractivity contribution in [1.29, 1.82) is 0 Å². The van der Waals surface area contributed by atoms with Crippen LogP contribution in [0.5, 0.6) is 0 Å². The molecule has 7 heteroatoms. The molecule has 2 fully saturated rings. The van der Waals surface area contributed by atoms with Crippen LogP contribution in [0.3, 0.4) is 0 Å². The summed E-state index contributed by atoms with van der Waals surface area (Å²) in [6, 6.07) is 0.612. The average Bonchev–Trinajstić information content (AvgIpc) is 2.65. The number of aliphatic imine (C=N–C) groups is 1. The second-order valence-electron chi connectivity index (χ2n) is 9.04. The van der Waals surface area contributed by atoms with E-state index in [4.69, 9.17) is 4.74 Å². The molecule has 0 saturated carbocycles. The molecule has 0 aromatic rings. The van der Waals surface area contributed by atoms with Gasteiger partial charge < -0.3 is 25.2 Å². The lowest BCUT2D eigenvalue weighted by molar-refractivity contribution is 0.0104. The Kier molecular flexibility index (Phi) is 8.86. The van der Waals surface area contributed by atoms with Crippen molar-refractivity contribution in [1.82, 2.24) is 20.4 Å². The highest BCUT2D eigenvalue weighted by Gasteiger charge is 2.30. The predicted molar refractivity (Wildman–Crippen MR) is 115 cm³/mol. The Bertz CT molecular complexity index is 509. The third-order valence-electron chi connectivity index (χ3n) is 5.45. The molecule has 28 heavy (non-hydrogen) atoms. The lowest BCUT2D eigenvalue weighted by Gasteiger charge is -2.37. The monoisotopic (exact) mass is 395 g/mol. The Balaban J connectivity index is 1.81. The highest BCUT2D eigenvalue weighted by molar-refractivity contribution is 5.80. The fourth-order valence-corrected chi connectivity index (χ4v) is 3.99. The molecule has 2 heterocycles. The van der Waals surface area contributed by atoms with Gasteiger partial charge in [-0.15, -0.1) is 0 Å². The Hall–Kier alpha value is -1.50. The molecule has 7 nitrogen and oxygen atoms in total. The van der Waals surface area contributed by atoms with Gasteiger partial charge in [0.15, 0.2) is 5.96 Å². The van der Waals surface area contributed by atoms with Crippen LogP contribution in [-0.4, -0.2) is 79.3 Å². The molecular weight excluding hydrogens is 354 g/mol. The van der Waals surface area contributed by atoms with Gasteiger partial charge in [-0.2, -0.15) is 0 Å². The van der Waals surface area contributed by atoms with Crippen molar-refractivity contribution in [2.45, 2.75) is 83.9 Å². The van der Waals surface area contributed by atoms with Crippen LogP contribution in [0.1, 0.15) is 66.2 Å². The molecule has 1 unspecified atom stereocenters. The third kappa shape index (κ3) is 7.49. The molecule has 2 aliphatic heterocycles. The normalized spacial score (nSPS) is 22.8. The van der Waals surface area contributed by atoms with Crippen LogP contribution in [0, 0.1) is 0 Å². The maximum absolute atomic E-state index is 12.6. The summed E-state index contributed by atoms with van der Waals surface area (Å²) >= 11 is 0. The van der Waals surface area contributed by atoms with E-state index in [1.165, 1.54) is 13.0 Å². The molecule has 2 rings (SSSR count). The van der Waals surface area contributed by atoms with E-state index in [1.807, 2.05) is 32.7 Å². The summed E-state index contributed by atoms with van der Waals surface area (Å²) in [6.45, 7) is 13.0. The highest BCUT2D eigenvalue weighted by Crippen LogP contribution is 2.20. The van der Waals surface area contributed by atoms with Crippen molar-refractivity contribution in [3.05, 3.63) is 0 Å². The number of likely N-dealkylation sites (tertiary alicyclic amines) is 2. The Labute approximate surface area is 171 Å². The van der Waals surface area contributed by atoms with Crippen molar-refractivity contribution in [3.63, 3.8) is 0 Å². The van der Waals surface area contributed by atoms with Crippen LogP contribution in [0.2, 0.25) is 0 Å². The number of hydrogen-bond acceptors (Lipinski definition) is 4. The Morgan fingerprint density at radius 3 is 2.46 bits per heavy atom. The van der Waals surface area contributed by atoms with Gasteiger partial charge in [0.2, 0.25) is 0 Å². The van der Waals surface area contributed by atoms with Gasteiger partial charge in [0, 0.05) is 39.3 Å². The first-order valence-electron chi connectivity index (χ1n) is 11.0. The topological polar surface area (TPSA) is 69.2 Å². The van der Waals surface area contributed by atoms with E-state index < -0.39 is 5.60 Å². The zero-order chi connectivity index (χ0) is 20.6. The molecule has 1 amide bonds. The molecule has 2 saturated heterocycles. The van der Waals surface area contributed by atoms with E-state index in [-0.39, 0.29) is 12.1 Å². The van der Waals surface area contributed by atoms with Gasteiger partial charge >= 0.3 is 6.09 Å². The lowest BCUT2D eigenvalue weighted by atomic mass is 10.0. The first kappa shape index (κ1) is 22.8. The van der Waals surface area contributed by atoms with Crippen LogP contribution in [0.4, 0.5) is 4.79 Å². The SMILES string of the molecule is CCCN1CCC(NC(=NC)NCC2CCCCN2C(=O)OC(C)(C)C)CC1. The Morgan fingerprint density at radius 2 is 1.86 bits per heavy atom. The molecule has 1 atom stereocenters. The van der Waals surface area contributed by atoms with Gasteiger partial charge in [-0.1, -0.05) is 6.92 Å². The molecule has 0 spiro atoms. The number of guanidine groups is 1. The van der Waals surface area contributed by atoms with Gasteiger partial charge in [-0.25, -0.2) is 4.79 Å². The van der Waals surface area contributed by atoms with Crippen molar-refractivity contribution < 1.29 is 9.53 Å². The fraction of sp³-hybridized carbons (Fsp3) is 0.905. The van der Waals surface area contributed by atoms with Crippen molar-refractivity contribution in [2.75, 3.05) is 39.8 Å². The quantitative estimate of drug-likeness (QED) is 0.553. The number of hydrogen-bond donors (Lipinski definition) is 2. The zero-order valence-corrected chi connectivity index (χ0v) is 18.6. The first-order valence-corrected chi connectivity index (χ1v) is 11.0. The van der Waals surface area contributed by atoms with Crippen molar-refractivity contribution in [3.8, 4) is 0 Å². The van der Waals surface area contributed by atoms with Gasteiger partial charge in [0.05, 0.1) is 6.04 Å². The molecule has 2 N–H and O–H groups in total. The van der Waals surface area contributed by atoms with E-state index in [2.05, 4.69) is 27.4 Å². The maximum atomic E-state index is 12.6. The smallest absolute Gasteiger partial charge is 0.410 e. The van der Waals surface area contributed by atoms with Gasteiger partial charge in [0.1, 0.15) is 5.60 Å². The second-order valence-corrected chi connectivity index (χ2v) is 9.04. The molecule has 2 aliphatic rings. The predicted octanol–water partition coefficient (Wildman–Crippen LogP) is 2.82. The number of rotatable bonds is 5. The van der Waals surface area contributed by atoms with Crippen LogP contribution in [0.15, 0.2) is 4.99 Å². The van der Waals surface area contributed by atoms with E-state index in [0.29, 0.717) is 12.6 Å². The maximum Gasteiger partial charge on any atom is 0.410 e. The van der Waals surface area contributed by atoms with Crippen molar-refractivity contribution in [2.24, 2.45) is 4.99 Å². The summed E-state index contributed by atoms with van der Waals surface area (Å²) in [6.07, 6.45) is 6.50. The highest BCUT2D eigenvalue weighted by atomic mass is 16.6. The van der Waals surface area contributed by atoms with Crippen LogP contribution < -0.4 is 10.6 Å². The third-order valence-corrected chi connectivity index (χ3v) is 5.45. The Morgan fingerprint density at radius 1 is 1.14 bits per heavy atom. The van der Waals surface area contributed by atoms with Gasteiger partial charge in [-0.3, -0.25) is 4.99 Å². The number of nitrogens with zero attached hydrogens (tertiary/aromatic N) is 3. The minimum atomic E-state index is -0.462. The molecule has 162 valence electrons. The minimum Gasteiger partial charge on any atom is -0.444 e. The number of carbonyl (C=O) groups is 1. The summed E-state index contributed by atoms with van der Waals surface area (Å²) in [5.41, 5.74) is -0.462. The minimum absolute atomic E-state index is 0.147. The number of amides is 1. The first-order chi connectivity index (χ1) is 13.3. The van der Waals surface area contributed by atoms with E-state index in [1.54, 1.807) is 0 Å². The fourth-order valence-electron chi connectivity index (χ4n) is 3.99. The zero-order valence-electron chi connectivity index (χ0n) is 18.6. The van der Waals surface area contributed by atoms with Crippen molar-refractivity contribution >= 4 is 12.1 Å². The van der Waals surface area contributed by atoms with Crippen LogP contribution in [0.25, 0.3) is 0 Å². The van der Waals surface area contributed by atoms with E-state index in [0.717, 1.165) is 57.7 Å². The summed E-state index contributed by atoms with van der Waals surface area (Å²) in [7, 11) is 1.81. The number of carbonyl (C=O) groups excluding carboxylic acids is 1. The average molecular weight is 396 g/mol. The summed E-state index contributed by atoms with van der Waals surface area (Å²) in [5.74, 6) is 0.837. The molecular formula is C21H41N5O2. The molecule has 0 aromatic heterocycles. The number of nitrogens with one attached hydrogen (secondary N) is 2.